The quantitative estimate of drug-likeness (QED) is 0.625. The monoisotopic (exact) mass is 429 g/mol. The zero-order valence-electron chi connectivity index (χ0n) is 15.7. The molecular formula is C21H20ClN3OS2. The van der Waals surface area contributed by atoms with Crippen molar-refractivity contribution >= 4 is 45.9 Å². The zero-order chi connectivity index (χ0) is 20.1. The third-order valence-corrected chi connectivity index (χ3v) is 6.35. The minimum atomic E-state index is -0.0707. The molecule has 1 aliphatic heterocycles. The van der Waals surface area contributed by atoms with Crippen LogP contribution in [0.5, 0.6) is 0 Å². The molecule has 4 nitrogen and oxygen atoms in total. The summed E-state index contributed by atoms with van der Waals surface area (Å²) in [6.07, 6.45) is 3.18. The summed E-state index contributed by atoms with van der Waals surface area (Å²) < 4.78 is 0. The van der Waals surface area contributed by atoms with Crippen LogP contribution in [0.1, 0.15) is 31.5 Å². The zero-order valence-corrected chi connectivity index (χ0v) is 18.0. The van der Waals surface area contributed by atoms with Crippen molar-refractivity contribution < 1.29 is 4.79 Å². The summed E-state index contributed by atoms with van der Waals surface area (Å²) in [5.74, 6) is 1.18. The van der Waals surface area contributed by atoms with Crippen LogP contribution in [0.15, 0.2) is 41.4 Å². The number of halogens is 1. The van der Waals surface area contributed by atoms with Crippen molar-refractivity contribution in [1.82, 2.24) is 10.3 Å². The van der Waals surface area contributed by atoms with Gasteiger partial charge in [0.25, 0.3) is 0 Å². The lowest BCUT2D eigenvalue weighted by molar-refractivity contribution is -0.119. The van der Waals surface area contributed by atoms with Crippen molar-refractivity contribution in [1.29, 1.82) is 5.26 Å². The summed E-state index contributed by atoms with van der Waals surface area (Å²) in [6.45, 7) is 3.84. The Labute approximate surface area is 178 Å². The number of carbonyl (C=O) groups is 1. The number of nitrogens with zero attached hydrogens (tertiary/aromatic N) is 2. The van der Waals surface area contributed by atoms with Gasteiger partial charge in [-0.3, -0.25) is 4.79 Å². The highest BCUT2D eigenvalue weighted by Gasteiger charge is 2.19. The Bertz CT molecular complexity index is 949. The van der Waals surface area contributed by atoms with Crippen LogP contribution in [0.2, 0.25) is 5.02 Å². The molecule has 0 saturated carbocycles. The topological polar surface area (TPSA) is 65.8 Å². The average Bonchev–Trinajstić information content (AvgIpc) is 3.20. The highest BCUT2D eigenvalue weighted by Crippen LogP contribution is 2.38. The van der Waals surface area contributed by atoms with Crippen molar-refractivity contribution in [2.45, 2.75) is 31.3 Å². The molecule has 0 bridgehead atoms. The van der Waals surface area contributed by atoms with Crippen LogP contribution in [0.4, 0.5) is 0 Å². The van der Waals surface area contributed by atoms with E-state index in [1.807, 2.05) is 44.2 Å². The third-order valence-electron chi connectivity index (χ3n) is 4.00. The Morgan fingerprint density at radius 1 is 1.39 bits per heavy atom. The first-order valence-corrected chi connectivity index (χ1v) is 11.3. The summed E-state index contributed by atoms with van der Waals surface area (Å²) in [5.41, 5.74) is 3.04. The van der Waals surface area contributed by atoms with Crippen molar-refractivity contribution in [3.8, 4) is 17.2 Å². The number of hydrogen-bond acceptors (Lipinski definition) is 5. The minimum Gasteiger partial charge on any atom is -0.353 e. The van der Waals surface area contributed by atoms with E-state index in [0.717, 1.165) is 33.9 Å². The van der Waals surface area contributed by atoms with Gasteiger partial charge in [-0.2, -0.15) is 5.26 Å². The second-order valence-corrected chi connectivity index (χ2v) is 9.11. The summed E-state index contributed by atoms with van der Waals surface area (Å²) in [5, 5.41) is 13.9. The number of carbonyl (C=O) groups excluding carboxylic acids is 1. The first kappa shape index (κ1) is 20.8. The number of rotatable bonds is 6. The molecule has 7 heteroatoms. The number of benzene rings is 1. The maximum absolute atomic E-state index is 12.1. The molecule has 2 aromatic rings. The Hall–Kier alpha value is -1.94. The van der Waals surface area contributed by atoms with E-state index >= 15 is 0 Å². The number of aromatic nitrogens is 1. The van der Waals surface area contributed by atoms with Crippen molar-refractivity contribution in [3.63, 3.8) is 0 Å². The van der Waals surface area contributed by atoms with E-state index in [4.69, 9.17) is 16.6 Å². The van der Waals surface area contributed by atoms with Crippen LogP contribution in [-0.4, -0.2) is 28.4 Å². The highest BCUT2D eigenvalue weighted by atomic mass is 35.5. The van der Waals surface area contributed by atoms with Gasteiger partial charge in [-0.05, 0) is 44.0 Å². The van der Waals surface area contributed by atoms with E-state index in [9.17, 15) is 10.1 Å². The number of nitriles is 1. The van der Waals surface area contributed by atoms with Gasteiger partial charge < -0.3 is 5.32 Å². The fourth-order valence-electron chi connectivity index (χ4n) is 2.81. The fraction of sp³-hybridized carbons (Fsp3) is 0.286. The molecule has 0 spiro atoms. The number of pyridine rings is 1. The lowest BCUT2D eigenvalue weighted by Crippen LogP contribution is -2.31. The molecule has 1 amide bonds. The number of amides is 1. The molecule has 0 aliphatic carbocycles. The van der Waals surface area contributed by atoms with Gasteiger partial charge in [0.05, 0.1) is 17.0 Å². The Kier molecular flexibility index (Phi) is 7.06. The molecule has 144 valence electrons. The second kappa shape index (κ2) is 9.51. The molecule has 0 fully saturated rings. The Balaban J connectivity index is 2.02. The Morgan fingerprint density at radius 2 is 2.14 bits per heavy atom. The SMILES string of the molecule is CC(C)NC(=O)CSc1nc(C2=CCCS2)cc(-c2ccc(Cl)cc2)c1C#N. The number of allylic oxidation sites excluding steroid dienone is 1. The maximum atomic E-state index is 12.1. The summed E-state index contributed by atoms with van der Waals surface area (Å²) in [6, 6.07) is 11.7. The molecule has 3 rings (SSSR count). The summed E-state index contributed by atoms with van der Waals surface area (Å²) in [7, 11) is 0. The van der Waals surface area contributed by atoms with Crippen LogP contribution in [0.25, 0.3) is 16.0 Å². The molecule has 1 aromatic carbocycles. The van der Waals surface area contributed by atoms with Crippen LogP contribution in [0, 0.1) is 11.3 Å². The molecule has 1 N–H and O–H groups in total. The molecule has 1 aliphatic rings. The standard InChI is InChI=1S/C21H20ClN3OS2/c1-13(2)24-20(26)12-28-21-17(11-23)16(14-5-7-15(22)8-6-14)10-18(25-21)19-4-3-9-27-19/h4-8,10,13H,3,9,12H2,1-2H3,(H,24,26). The van der Waals surface area contributed by atoms with Gasteiger partial charge in [-0.25, -0.2) is 4.98 Å². The van der Waals surface area contributed by atoms with Crippen LogP contribution < -0.4 is 5.32 Å². The molecule has 0 unspecified atom stereocenters. The predicted octanol–water partition coefficient (Wildman–Crippen LogP) is 5.37. The van der Waals surface area contributed by atoms with Gasteiger partial charge in [0.2, 0.25) is 5.91 Å². The average molecular weight is 430 g/mol. The Morgan fingerprint density at radius 3 is 2.75 bits per heavy atom. The van der Waals surface area contributed by atoms with Gasteiger partial charge in [0, 0.05) is 27.3 Å². The molecule has 0 radical (unpaired) electrons. The van der Waals surface area contributed by atoms with E-state index in [2.05, 4.69) is 17.5 Å². The lowest BCUT2D eigenvalue weighted by atomic mass is 10.0. The van der Waals surface area contributed by atoms with Crippen LogP contribution in [-0.2, 0) is 4.79 Å². The number of hydrogen-bond donors (Lipinski definition) is 1. The molecular weight excluding hydrogens is 410 g/mol. The first-order valence-electron chi connectivity index (χ1n) is 8.94. The van der Waals surface area contributed by atoms with Gasteiger partial charge >= 0.3 is 0 Å². The lowest BCUT2D eigenvalue weighted by Gasteiger charge is -2.13. The van der Waals surface area contributed by atoms with Gasteiger partial charge in [0.1, 0.15) is 11.1 Å². The normalized spacial score (nSPS) is 13.3. The predicted molar refractivity (Wildman–Crippen MR) is 118 cm³/mol. The number of nitrogens with one attached hydrogen (secondary N) is 1. The van der Waals surface area contributed by atoms with E-state index in [-0.39, 0.29) is 17.7 Å². The van der Waals surface area contributed by atoms with Gasteiger partial charge in [0.15, 0.2) is 0 Å². The largest absolute Gasteiger partial charge is 0.353 e. The van der Waals surface area contributed by atoms with Crippen molar-refractivity contribution in [2.75, 3.05) is 11.5 Å². The van der Waals surface area contributed by atoms with E-state index < -0.39 is 0 Å². The number of thioether (sulfide) groups is 2. The van der Waals surface area contributed by atoms with E-state index in [1.165, 1.54) is 11.8 Å². The second-order valence-electron chi connectivity index (χ2n) is 6.57. The molecule has 2 heterocycles. The molecule has 1 aromatic heterocycles. The fourth-order valence-corrected chi connectivity index (χ4v) is 4.70. The van der Waals surface area contributed by atoms with Crippen LogP contribution >= 0.6 is 35.1 Å². The highest BCUT2D eigenvalue weighted by molar-refractivity contribution is 8.08. The molecule has 0 atom stereocenters. The molecule has 28 heavy (non-hydrogen) atoms. The van der Waals surface area contributed by atoms with E-state index in [1.54, 1.807) is 11.8 Å². The molecule has 0 saturated heterocycles. The summed E-state index contributed by atoms with van der Waals surface area (Å²) >= 11 is 9.09. The first-order chi connectivity index (χ1) is 13.5. The van der Waals surface area contributed by atoms with Crippen LogP contribution in [0.3, 0.4) is 0 Å². The minimum absolute atomic E-state index is 0.0707. The van der Waals surface area contributed by atoms with Gasteiger partial charge in [-0.1, -0.05) is 41.6 Å². The smallest absolute Gasteiger partial charge is 0.230 e. The maximum Gasteiger partial charge on any atom is 0.230 e. The van der Waals surface area contributed by atoms with E-state index in [0.29, 0.717) is 15.6 Å². The van der Waals surface area contributed by atoms with Crippen molar-refractivity contribution in [2.24, 2.45) is 0 Å². The van der Waals surface area contributed by atoms with Gasteiger partial charge in [-0.15, -0.1) is 11.8 Å². The van der Waals surface area contributed by atoms with Crippen molar-refractivity contribution in [3.05, 3.63) is 52.7 Å². The third kappa shape index (κ3) is 5.11. The summed E-state index contributed by atoms with van der Waals surface area (Å²) in [4.78, 5) is 17.9.